The highest BCUT2D eigenvalue weighted by atomic mass is 35.5. The third-order valence-corrected chi connectivity index (χ3v) is 3.62. The summed E-state index contributed by atoms with van der Waals surface area (Å²) in [7, 11) is -2.84. The molecule has 0 atom stereocenters. The van der Waals surface area contributed by atoms with E-state index in [-0.39, 0.29) is 5.84 Å². The van der Waals surface area contributed by atoms with Crippen molar-refractivity contribution in [3.8, 4) is 0 Å². The summed E-state index contributed by atoms with van der Waals surface area (Å²) in [5.74, 6) is 0.976. The lowest BCUT2D eigenvalue weighted by Gasteiger charge is -2.06. The van der Waals surface area contributed by atoms with Gasteiger partial charge >= 0.3 is 10.3 Å². The molecule has 18 heavy (non-hydrogen) atoms. The Hall–Kier alpha value is -0.830. The van der Waals surface area contributed by atoms with Gasteiger partial charge in [0, 0.05) is 19.0 Å². The van der Waals surface area contributed by atoms with Crippen LogP contribution in [0.5, 0.6) is 0 Å². The average Bonchev–Trinajstić information content (AvgIpc) is 2.28. The molecule has 1 heterocycles. The van der Waals surface area contributed by atoms with E-state index in [4.69, 9.17) is 16.2 Å². The van der Waals surface area contributed by atoms with E-state index in [2.05, 4.69) is 9.98 Å². The topological polar surface area (TPSA) is 91.7 Å². The number of aromatic nitrogens is 1. The Labute approximate surface area is 115 Å². The Bertz CT molecular complexity index is 534. The van der Waals surface area contributed by atoms with Crippen molar-refractivity contribution < 1.29 is 13.0 Å². The zero-order chi connectivity index (χ0) is 13.6. The van der Waals surface area contributed by atoms with Gasteiger partial charge in [-0.3, -0.25) is 14.5 Å². The van der Waals surface area contributed by atoms with Crippen LogP contribution in [0, 0.1) is 0 Å². The maximum atomic E-state index is 10.6. The van der Waals surface area contributed by atoms with Gasteiger partial charge in [-0.15, -0.1) is 11.8 Å². The van der Waals surface area contributed by atoms with Crippen LogP contribution in [0.15, 0.2) is 23.3 Å². The van der Waals surface area contributed by atoms with Gasteiger partial charge in [-0.2, -0.15) is 8.42 Å². The Morgan fingerprint density at radius 3 is 2.94 bits per heavy atom. The number of nitrogens with one attached hydrogen (secondary N) is 1. The third kappa shape index (κ3) is 5.67. The first-order valence-corrected chi connectivity index (χ1v) is 7.77. The van der Waals surface area contributed by atoms with Crippen molar-refractivity contribution in [2.45, 2.75) is 5.75 Å². The molecule has 0 aliphatic carbocycles. The van der Waals surface area contributed by atoms with Crippen LogP contribution < -0.4 is 4.72 Å². The molecular formula is C9H12ClN3O3S2. The van der Waals surface area contributed by atoms with E-state index in [9.17, 15) is 8.42 Å². The van der Waals surface area contributed by atoms with Crippen molar-refractivity contribution >= 4 is 39.5 Å². The van der Waals surface area contributed by atoms with Crippen molar-refractivity contribution in [1.82, 2.24) is 9.71 Å². The van der Waals surface area contributed by atoms with Gasteiger partial charge in [0.2, 0.25) is 0 Å². The van der Waals surface area contributed by atoms with E-state index >= 15 is 0 Å². The van der Waals surface area contributed by atoms with E-state index in [0.717, 1.165) is 0 Å². The first-order chi connectivity index (χ1) is 8.42. The highest BCUT2D eigenvalue weighted by Crippen LogP contribution is 2.18. The lowest BCUT2D eigenvalue weighted by molar-refractivity contribution is 0.478. The number of thioether (sulfide) groups is 1. The molecule has 0 unspecified atom stereocenters. The second-order valence-corrected chi connectivity index (χ2v) is 5.72. The predicted octanol–water partition coefficient (Wildman–Crippen LogP) is 1.39. The lowest BCUT2D eigenvalue weighted by Crippen LogP contribution is -2.31. The minimum Gasteiger partial charge on any atom is -0.274 e. The summed E-state index contributed by atoms with van der Waals surface area (Å²) in [6.45, 7) is 0. The number of nitrogens with zero attached hydrogens (tertiary/aromatic N) is 2. The summed E-state index contributed by atoms with van der Waals surface area (Å²) in [5.41, 5.74) is 0.714. The molecule has 1 aromatic heterocycles. The number of halogens is 1. The zero-order valence-corrected chi connectivity index (χ0v) is 11.9. The molecule has 0 aliphatic heterocycles. The maximum absolute atomic E-state index is 10.6. The highest BCUT2D eigenvalue weighted by molar-refractivity contribution is 7.99. The van der Waals surface area contributed by atoms with E-state index in [1.165, 1.54) is 18.8 Å². The fourth-order valence-corrected chi connectivity index (χ4v) is 2.80. The molecule has 0 saturated heterocycles. The highest BCUT2D eigenvalue weighted by Gasteiger charge is 2.08. The second-order valence-electron chi connectivity index (χ2n) is 3.17. The molecule has 0 bridgehead atoms. The van der Waals surface area contributed by atoms with Crippen molar-refractivity contribution in [2.75, 3.05) is 12.8 Å². The normalized spacial score (nSPS) is 12.5. The fraction of sp³-hybridized carbons (Fsp3) is 0.333. The van der Waals surface area contributed by atoms with Crippen molar-refractivity contribution in [2.24, 2.45) is 4.99 Å². The van der Waals surface area contributed by atoms with Crippen molar-refractivity contribution in [3.05, 3.63) is 29.0 Å². The second kappa shape index (κ2) is 6.93. The number of aliphatic imine (C=N–C) groups is 1. The van der Waals surface area contributed by atoms with Gasteiger partial charge in [-0.25, -0.2) is 4.72 Å². The molecule has 0 spiro atoms. The van der Waals surface area contributed by atoms with E-state index in [1.807, 2.05) is 4.72 Å². The maximum Gasteiger partial charge on any atom is 0.358 e. The number of amidine groups is 1. The molecule has 0 aliphatic rings. The van der Waals surface area contributed by atoms with E-state index in [0.29, 0.717) is 22.2 Å². The van der Waals surface area contributed by atoms with Crippen LogP contribution in [0.2, 0.25) is 5.02 Å². The first-order valence-electron chi connectivity index (χ1n) is 4.80. The first kappa shape index (κ1) is 15.2. The standard InChI is InChI=1S/C9H12ClN3O3S2/c1-11-9(13-18(14,15)16)6-17-5-8-7(10)3-2-4-12-8/h2-4H,5-6H2,1H3,(H,11,13)(H,14,15,16). The number of hydrogen-bond acceptors (Lipinski definition) is 5. The van der Waals surface area contributed by atoms with E-state index in [1.54, 1.807) is 18.3 Å². The smallest absolute Gasteiger partial charge is 0.274 e. The summed E-state index contributed by atoms with van der Waals surface area (Å²) in [4.78, 5) is 7.81. The van der Waals surface area contributed by atoms with Gasteiger partial charge in [0.25, 0.3) is 0 Å². The van der Waals surface area contributed by atoms with Gasteiger partial charge < -0.3 is 0 Å². The Morgan fingerprint density at radius 1 is 1.67 bits per heavy atom. The van der Waals surface area contributed by atoms with Gasteiger partial charge in [-0.1, -0.05) is 11.6 Å². The number of pyridine rings is 1. The van der Waals surface area contributed by atoms with Crippen molar-refractivity contribution in [1.29, 1.82) is 0 Å². The summed E-state index contributed by atoms with van der Waals surface area (Å²) < 4.78 is 31.7. The molecule has 2 N–H and O–H groups in total. The predicted molar refractivity (Wildman–Crippen MR) is 73.5 cm³/mol. The Kier molecular flexibility index (Phi) is 5.86. The average molecular weight is 310 g/mol. The van der Waals surface area contributed by atoms with Crippen LogP contribution in [-0.4, -0.2) is 36.6 Å². The van der Waals surface area contributed by atoms with Crippen LogP contribution in [0.1, 0.15) is 5.69 Å². The molecule has 0 radical (unpaired) electrons. The van der Waals surface area contributed by atoms with Gasteiger partial charge in [0.15, 0.2) is 0 Å². The van der Waals surface area contributed by atoms with Gasteiger partial charge in [0.05, 0.1) is 16.5 Å². The van der Waals surface area contributed by atoms with Gasteiger partial charge in [-0.05, 0) is 12.1 Å². The Balaban J connectivity index is 2.49. The molecule has 9 heteroatoms. The summed E-state index contributed by atoms with van der Waals surface area (Å²) in [6.07, 6.45) is 1.63. The summed E-state index contributed by atoms with van der Waals surface area (Å²) >= 11 is 7.30. The minimum absolute atomic E-state index is 0.162. The number of rotatable bonds is 5. The quantitative estimate of drug-likeness (QED) is 0.487. The molecule has 0 amide bonds. The minimum atomic E-state index is -4.27. The molecular weight excluding hydrogens is 298 g/mol. The lowest BCUT2D eigenvalue weighted by atomic mass is 10.4. The fourth-order valence-electron chi connectivity index (χ4n) is 1.06. The number of hydrogen-bond donors (Lipinski definition) is 2. The van der Waals surface area contributed by atoms with Gasteiger partial charge in [0.1, 0.15) is 5.84 Å². The SMILES string of the molecule is CN=C(CSCc1ncccc1Cl)NS(=O)(=O)O. The van der Waals surface area contributed by atoms with Crippen LogP contribution >= 0.6 is 23.4 Å². The van der Waals surface area contributed by atoms with Crippen LogP contribution in [-0.2, 0) is 16.1 Å². The largest absolute Gasteiger partial charge is 0.358 e. The van der Waals surface area contributed by atoms with Crippen LogP contribution in [0.25, 0.3) is 0 Å². The third-order valence-electron chi connectivity index (χ3n) is 1.83. The zero-order valence-electron chi connectivity index (χ0n) is 9.50. The molecule has 0 fully saturated rings. The molecule has 1 rings (SSSR count). The Morgan fingerprint density at radius 2 is 2.39 bits per heavy atom. The molecule has 0 aromatic carbocycles. The monoisotopic (exact) mass is 309 g/mol. The van der Waals surface area contributed by atoms with Crippen LogP contribution in [0.4, 0.5) is 0 Å². The van der Waals surface area contributed by atoms with Crippen molar-refractivity contribution in [3.63, 3.8) is 0 Å². The summed E-state index contributed by atoms with van der Waals surface area (Å²) in [6, 6.07) is 3.46. The van der Waals surface area contributed by atoms with Crippen LogP contribution in [0.3, 0.4) is 0 Å². The molecule has 0 saturated carbocycles. The molecule has 100 valence electrons. The molecule has 6 nitrogen and oxygen atoms in total. The summed E-state index contributed by atoms with van der Waals surface area (Å²) in [5, 5.41) is 0.558. The van der Waals surface area contributed by atoms with E-state index < -0.39 is 10.3 Å². The molecule has 1 aromatic rings.